The van der Waals surface area contributed by atoms with Crippen LogP contribution in [0.3, 0.4) is 0 Å². The molecule has 5 heteroatoms. The number of hydrogen-bond donors (Lipinski definition) is 2. The van der Waals surface area contributed by atoms with Gasteiger partial charge in [-0.1, -0.05) is 35.9 Å². The second-order valence-electron chi connectivity index (χ2n) is 5.98. The number of aryl methyl sites for hydroxylation is 2. The molecule has 25 heavy (non-hydrogen) atoms. The Labute approximate surface area is 148 Å². The van der Waals surface area contributed by atoms with Crippen molar-refractivity contribution in [3.63, 3.8) is 0 Å². The number of nitrogens with one attached hydrogen (secondary N) is 2. The molecule has 0 atom stereocenters. The summed E-state index contributed by atoms with van der Waals surface area (Å²) >= 11 is 0. The van der Waals surface area contributed by atoms with E-state index >= 15 is 0 Å². The molecule has 0 aliphatic heterocycles. The van der Waals surface area contributed by atoms with E-state index in [-0.39, 0.29) is 11.8 Å². The maximum absolute atomic E-state index is 12.1. The highest BCUT2D eigenvalue weighted by Crippen LogP contribution is 2.25. The molecule has 2 N–H and O–H groups in total. The number of methoxy groups -OCH3 is 1. The van der Waals surface area contributed by atoms with Gasteiger partial charge >= 0.3 is 0 Å². The van der Waals surface area contributed by atoms with Crippen LogP contribution >= 0.6 is 0 Å². The molecular formula is C20H24N2O3. The highest BCUT2D eigenvalue weighted by Gasteiger charge is 2.07. The number of carbonyl (C=O) groups excluding carboxylic acids is 2. The van der Waals surface area contributed by atoms with Gasteiger partial charge in [-0.25, -0.2) is 0 Å². The van der Waals surface area contributed by atoms with Gasteiger partial charge in [-0.3, -0.25) is 9.59 Å². The summed E-state index contributed by atoms with van der Waals surface area (Å²) in [6, 6.07) is 13.6. The molecule has 2 aromatic rings. The quantitative estimate of drug-likeness (QED) is 0.813. The van der Waals surface area contributed by atoms with E-state index in [1.54, 1.807) is 19.2 Å². The standard InChI is InChI=1S/C20H24N2O3/c1-14-5-4-6-16(11-14)8-10-20(24)21-13-17-7-9-19(25-3)18(12-17)22-15(2)23/h4-7,9,11-12H,8,10,13H2,1-3H3,(H,21,24)(H,22,23). The van der Waals surface area contributed by atoms with Crippen molar-refractivity contribution in [1.29, 1.82) is 0 Å². The molecule has 0 bridgehead atoms. The van der Waals surface area contributed by atoms with Gasteiger partial charge in [0.25, 0.3) is 0 Å². The van der Waals surface area contributed by atoms with Crippen molar-refractivity contribution >= 4 is 17.5 Å². The zero-order chi connectivity index (χ0) is 18.2. The molecule has 0 heterocycles. The van der Waals surface area contributed by atoms with Gasteiger partial charge in [0.1, 0.15) is 5.75 Å². The number of rotatable bonds is 7. The first-order valence-electron chi connectivity index (χ1n) is 8.24. The summed E-state index contributed by atoms with van der Waals surface area (Å²) in [5.41, 5.74) is 3.85. The molecule has 0 aliphatic rings. The Kier molecular flexibility index (Phi) is 6.57. The topological polar surface area (TPSA) is 67.4 Å². The summed E-state index contributed by atoms with van der Waals surface area (Å²) in [6.45, 7) is 3.89. The molecule has 0 fully saturated rings. The minimum atomic E-state index is -0.169. The molecule has 0 saturated carbocycles. The Balaban J connectivity index is 1.89. The fourth-order valence-corrected chi connectivity index (χ4v) is 2.57. The van der Waals surface area contributed by atoms with E-state index in [1.807, 2.05) is 31.2 Å². The van der Waals surface area contributed by atoms with Gasteiger partial charge < -0.3 is 15.4 Å². The van der Waals surface area contributed by atoms with E-state index in [4.69, 9.17) is 4.74 Å². The number of hydrogen-bond acceptors (Lipinski definition) is 3. The van der Waals surface area contributed by atoms with Crippen molar-refractivity contribution in [3.05, 3.63) is 59.2 Å². The summed E-state index contributed by atoms with van der Waals surface area (Å²) < 4.78 is 5.22. The molecular weight excluding hydrogens is 316 g/mol. The van der Waals surface area contributed by atoms with Crippen LogP contribution in [0.5, 0.6) is 5.75 Å². The van der Waals surface area contributed by atoms with Crippen LogP contribution in [-0.2, 0) is 22.6 Å². The lowest BCUT2D eigenvalue weighted by molar-refractivity contribution is -0.121. The SMILES string of the molecule is COc1ccc(CNC(=O)CCc2cccc(C)c2)cc1NC(C)=O. The summed E-state index contributed by atoms with van der Waals surface area (Å²) in [4.78, 5) is 23.3. The lowest BCUT2D eigenvalue weighted by Crippen LogP contribution is -2.23. The first-order chi connectivity index (χ1) is 12.0. The van der Waals surface area contributed by atoms with Crippen molar-refractivity contribution in [3.8, 4) is 5.75 Å². The Morgan fingerprint density at radius 3 is 2.56 bits per heavy atom. The highest BCUT2D eigenvalue weighted by atomic mass is 16.5. The van der Waals surface area contributed by atoms with Crippen LogP contribution in [0.1, 0.15) is 30.0 Å². The van der Waals surface area contributed by atoms with Crippen molar-refractivity contribution in [2.75, 3.05) is 12.4 Å². The molecule has 0 spiro atoms. The molecule has 132 valence electrons. The van der Waals surface area contributed by atoms with E-state index in [1.165, 1.54) is 12.5 Å². The maximum Gasteiger partial charge on any atom is 0.221 e. The van der Waals surface area contributed by atoms with Crippen LogP contribution < -0.4 is 15.4 Å². The third-order valence-electron chi connectivity index (χ3n) is 3.79. The number of benzene rings is 2. The van der Waals surface area contributed by atoms with Crippen molar-refractivity contribution in [1.82, 2.24) is 5.32 Å². The van der Waals surface area contributed by atoms with Gasteiger partial charge in [0.05, 0.1) is 12.8 Å². The summed E-state index contributed by atoms with van der Waals surface area (Å²) in [5, 5.41) is 5.64. The molecule has 0 aliphatic carbocycles. The van der Waals surface area contributed by atoms with Crippen LogP contribution in [-0.4, -0.2) is 18.9 Å². The van der Waals surface area contributed by atoms with Gasteiger partial charge in [-0.15, -0.1) is 0 Å². The van der Waals surface area contributed by atoms with Crippen molar-refractivity contribution in [2.24, 2.45) is 0 Å². The first-order valence-corrected chi connectivity index (χ1v) is 8.24. The monoisotopic (exact) mass is 340 g/mol. The van der Waals surface area contributed by atoms with E-state index in [2.05, 4.69) is 16.7 Å². The predicted molar refractivity (Wildman–Crippen MR) is 98.6 cm³/mol. The maximum atomic E-state index is 12.1. The smallest absolute Gasteiger partial charge is 0.221 e. The number of carbonyl (C=O) groups is 2. The third kappa shape index (κ3) is 5.95. The number of anilines is 1. The Morgan fingerprint density at radius 1 is 1.08 bits per heavy atom. The molecule has 0 unspecified atom stereocenters. The fraction of sp³-hybridized carbons (Fsp3) is 0.300. The summed E-state index contributed by atoms with van der Waals surface area (Å²) in [7, 11) is 1.55. The van der Waals surface area contributed by atoms with E-state index in [9.17, 15) is 9.59 Å². The minimum absolute atomic E-state index is 0.00148. The highest BCUT2D eigenvalue weighted by molar-refractivity contribution is 5.90. The van der Waals surface area contributed by atoms with Crippen molar-refractivity contribution < 1.29 is 14.3 Å². The third-order valence-corrected chi connectivity index (χ3v) is 3.79. The second kappa shape index (κ2) is 8.87. The molecule has 0 radical (unpaired) electrons. The molecule has 2 amide bonds. The van der Waals surface area contributed by atoms with E-state index in [0.29, 0.717) is 30.8 Å². The van der Waals surface area contributed by atoms with Crippen LogP contribution in [0.2, 0.25) is 0 Å². The molecule has 5 nitrogen and oxygen atoms in total. The van der Waals surface area contributed by atoms with E-state index < -0.39 is 0 Å². The zero-order valence-electron chi connectivity index (χ0n) is 14.9. The van der Waals surface area contributed by atoms with Crippen LogP contribution in [0.4, 0.5) is 5.69 Å². The molecule has 0 saturated heterocycles. The average molecular weight is 340 g/mol. The van der Waals surface area contributed by atoms with Gasteiger partial charge in [0, 0.05) is 19.9 Å². The van der Waals surface area contributed by atoms with Gasteiger partial charge in [-0.2, -0.15) is 0 Å². The molecule has 2 aromatic carbocycles. The number of ether oxygens (including phenoxy) is 1. The largest absolute Gasteiger partial charge is 0.495 e. The van der Waals surface area contributed by atoms with Crippen molar-refractivity contribution in [2.45, 2.75) is 33.2 Å². The average Bonchev–Trinajstić information content (AvgIpc) is 2.58. The van der Waals surface area contributed by atoms with Crippen LogP contribution in [0.25, 0.3) is 0 Å². The number of amides is 2. The lowest BCUT2D eigenvalue weighted by Gasteiger charge is -2.12. The Morgan fingerprint density at radius 2 is 1.88 bits per heavy atom. The minimum Gasteiger partial charge on any atom is -0.495 e. The summed E-state index contributed by atoms with van der Waals surface area (Å²) in [6.07, 6.45) is 1.16. The van der Waals surface area contributed by atoms with E-state index in [0.717, 1.165) is 11.1 Å². The first kappa shape index (κ1) is 18.5. The fourth-order valence-electron chi connectivity index (χ4n) is 2.57. The van der Waals surface area contributed by atoms with Gasteiger partial charge in [0.2, 0.25) is 11.8 Å². The zero-order valence-corrected chi connectivity index (χ0v) is 14.9. The van der Waals surface area contributed by atoms with Crippen LogP contribution in [0.15, 0.2) is 42.5 Å². The molecule has 2 rings (SSSR count). The molecule has 0 aromatic heterocycles. The van der Waals surface area contributed by atoms with Gasteiger partial charge in [0.15, 0.2) is 0 Å². The lowest BCUT2D eigenvalue weighted by atomic mass is 10.1. The summed E-state index contributed by atoms with van der Waals surface area (Å²) in [5.74, 6) is 0.417. The predicted octanol–water partition coefficient (Wildman–Crippen LogP) is 3.21. The van der Waals surface area contributed by atoms with Gasteiger partial charge in [-0.05, 0) is 36.6 Å². The Hall–Kier alpha value is -2.82. The normalized spacial score (nSPS) is 10.2. The Bertz CT molecular complexity index is 756. The second-order valence-corrected chi connectivity index (χ2v) is 5.98. The van der Waals surface area contributed by atoms with Crippen LogP contribution in [0, 0.1) is 6.92 Å².